The number of carboxylic acid groups (broad SMARTS) is 1. The van der Waals surface area contributed by atoms with Crippen molar-refractivity contribution >= 4 is 5.97 Å². The van der Waals surface area contributed by atoms with Crippen molar-refractivity contribution < 1.29 is 15.0 Å². The molecule has 1 saturated heterocycles. The highest BCUT2D eigenvalue weighted by Gasteiger charge is 2.35. The van der Waals surface area contributed by atoms with Gasteiger partial charge in [0.15, 0.2) is 0 Å². The zero-order valence-corrected chi connectivity index (χ0v) is 12.2. The molecule has 112 valence electrons. The molecule has 0 radical (unpaired) electrons. The summed E-state index contributed by atoms with van der Waals surface area (Å²) in [6.45, 7) is 3.56. The Morgan fingerprint density at radius 2 is 1.68 bits per heavy atom. The first-order chi connectivity index (χ1) is 9.15. The van der Waals surface area contributed by atoms with Gasteiger partial charge in [0.25, 0.3) is 0 Å². The number of carboxylic acids is 1. The summed E-state index contributed by atoms with van der Waals surface area (Å²) < 4.78 is 0. The maximum atomic E-state index is 11.0. The van der Waals surface area contributed by atoms with Crippen LogP contribution in [-0.2, 0) is 4.79 Å². The average molecular weight is 271 g/mol. The normalized spacial score (nSPS) is 23.9. The minimum atomic E-state index is -0.795. The van der Waals surface area contributed by atoms with Crippen molar-refractivity contribution in [2.75, 3.05) is 13.1 Å². The molecule has 2 atom stereocenters. The molecule has 0 spiro atoms. The van der Waals surface area contributed by atoms with E-state index in [0.29, 0.717) is 13.0 Å². The number of aliphatic hydroxyl groups excluding tert-OH is 1. The van der Waals surface area contributed by atoms with Crippen molar-refractivity contribution in [1.29, 1.82) is 0 Å². The smallest absolute Gasteiger partial charge is 0.321 e. The molecule has 4 heteroatoms. The van der Waals surface area contributed by atoms with Gasteiger partial charge < -0.3 is 10.2 Å². The van der Waals surface area contributed by atoms with E-state index in [2.05, 4.69) is 6.92 Å². The fraction of sp³-hybridized carbons (Fsp3) is 0.933. The van der Waals surface area contributed by atoms with Gasteiger partial charge in [0.1, 0.15) is 6.04 Å². The van der Waals surface area contributed by atoms with Crippen molar-refractivity contribution in [1.82, 2.24) is 4.90 Å². The van der Waals surface area contributed by atoms with Crippen molar-refractivity contribution in [3.05, 3.63) is 0 Å². The molecule has 19 heavy (non-hydrogen) atoms. The predicted octanol–water partition coefficient (Wildman–Crippen LogP) is 2.65. The molecule has 1 heterocycles. The quantitative estimate of drug-likeness (QED) is 0.600. The number of likely N-dealkylation sites (tertiary alicyclic amines) is 1. The highest BCUT2D eigenvalue weighted by atomic mass is 16.4. The summed E-state index contributed by atoms with van der Waals surface area (Å²) in [5.41, 5.74) is 0. The third-order valence-electron chi connectivity index (χ3n) is 3.97. The third kappa shape index (κ3) is 6.39. The third-order valence-corrected chi connectivity index (χ3v) is 3.97. The largest absolute Gasteiger partial charge is 0.480 e. The fourth-order valence-electron chi connectivity index (χ4n) is 2.83. The second-order valence-electron chi connectivity index (χ2n) is 5.71. The van der Waals surface area contributed by atoms with Crippen molar-refractivity contribution in [3.8, 4) is 0 Å². The van der Waals surface area contributed by atoms with E-state index < -0.39 is 18.1 Å². The SMILES string of the molecule is CCCCCCCCCCN1C[C@H](O)C[C@@H]1C(=O)O. The second-order valence-corrected chi connectivity index (χ2v) is 5.71. The van der Waals surface area contributed by atoms with Crippen LogP contribution in [-0.4, -0.2) is 46.3 Å². The molecule has 0 aromatic heterocycles. The maximum absolute atomic E-state index is 11.0. The molecule has 0 saturated carbocycles. The minimum absolute atomic E-state index is 0.381. The van der Waals surface area contributed by atoms with E-state index in [4.69, 9.17) is 5.11 Å². The molecular formula is C15H29NO3. The lowest BCUT2D eigenvalue weighted by Crippen LogP contribution is -2.36. The topological polar surface area (TPSA) is 60.8 Å². The molecule has 0 amide bonds. The summed E-state index contributed by atoms with van der Waals surface area (Å²) in [6.07, 6.45) is 9.98. The Balaban J connectivity index is 2.04. The van der Waals surface area contributed by atoms with Gasteiger partial charge in [0, 0.05) is 13.0 Å². The van der Waals surface area contributed by atoms with Gasteiger partial charge in [-0.2, -0.15) is 0 Å². The Labute approximate surface area is 116 Å². The Bertz CT molecular complexity index is 258. The van der Waals surface area contributed by atoms with Gasteiger partial charge in [0.05, 0.1) is 6.10 Å². The zero-order chi connectivity index (χ0) is 14.1. The van der Waals surface area contributed by atoms with Crippen LogP contribution in [0.5, 0.6) is 0 Å². The lowest BCUT2D eigenvalue weighted by Gasteiger charge is -2.20. The van der Waals surface area contributed by atoms with E-state index in [1.54, 1.807) is 0 Å². The molecule has 1 aliphatic heterocycles. The number of carbonyl (C=O) groups is 1. The van der Waals surface area contributed by atoms with Crippen molar-refractivity contribution in [2.45, 2.75) is 76.9 Å². The van der Waals surface area contributed by atoms with Crippen LogP contribution < -0.4 is 0 Å². The summed E-state index contributed by atoms with van der Waals surface area (Å²) in [6, 6.07) is -0.473. The first-order valence-electron chi connectivity index (χ1n) is 7.80. The van der Waals surface area contributed by atoms with E-state index in [1.807, 2.05) is 4.90 Å². The molecule has 1 aliphatic rings. The Hall–Kier alpha value is -0.610. The predicted molar refractivity (Wildman–Crippen MR) is 76.2 cm³/mol. The molecule has 4 nitrogen and oxygen atoms in total. The van der Waals surface area contributed by atoms with E-state index in [9.17, 15) is 9.90 Å². The Kier molecular flexibility index (Phi) is 8.07. The maximum Gasteiger partial charge on any atom is 0.321 e. The van der Waals surface area contributed by atoms with Crippen LogP contribution in [0.25, 0.3) is 0 Å². The lowest BCUT2D eigenvalue weighted by atomic mass is 10.1. The van der Waals surface area contributed by atoms with Crippen LogP contribution >= 0.6 is 0 Å². The van der Waals surface area contributed by atoms with Crippen molar-refractivity contribution in [3.63, 3.8) is 0 Å². The molecule has 1 rings (SSSR count). The zero-order valence-electron chi connectivity index (χ0n) is 12.2. The van der Waals surface area contributed by atoms with Gasteiger partial charge in [-0.25, -0.2) is 0 Å². The lowest BCUT2D eigenvalue weighted by molar-refractivity contribution is -0.142. The number of nitrogens with zero attached hydrogens (tertiary/aromatic N) is 1. The Morgan fingerprint density at radius 3 is 2.26 bits per heavy atom. The van der Waals surface area contributed by atoms with Crippen LogP contribution in [0.1, 0.15) is 64.7 Å². The number of aliphatic carboxylic acids is 1. The van der Waals surface area contributed by atoms with E-state index in [-0.39, 0.29) is 0 Å². The molecule has 1 fully saturated rings. The van der Waals surface area contributed by atoms with Gasteiger partial charge in [-0.3, -0.25) is 9.69 Å². The highest BCUT2D eigenvalue weighted by molar-refractivity contribution is 5.74. The second kappa shape index (κ2) is 9.32. The molecule has 0 aliphatic carbocycles. The first kappa shape index (κ1) is 16.4. The standard InChI is InChI=1S/C15H29NO3/c1-2-3-4-5-6-7-8-9-10-16-12-13(17)11-14(16)15(18)19/h13-14,17H,2-12H2,1H3,(H,18,19)/t13-,14-/m1/s1. The van der Waals surface area contributed by atoms with Gasteiger partial charge >= 0.3 is 5.97 Å². The minimum Gasteiger partial charge on any atom is -0.480 e. The molecular weight excluding hydrogens is 242 g/mol. The Morgan fingerprint density at radius 1 is 1.11 bits per heavy atom. The monoisotopic (exact) mass is 271 g/mol. The summed E-state index contributed by atoms with van der Waals surface area (Å²) in [5, 5.41) is 18.6. The van der Waals surface area contributed by atoms with E-state index >= 15 is 0 Å². The molecule has 0 unspecified atom stereocenters. The van der Waals surface area contributed by atoms with Gasteiger partial charge in [-0.1, -0.05) is 51.9 Å². The van der Waals surface area contributed by atoms with Gasteiger partial charge in [0.2, 0.25) is 0 Å². The van der Waals surface area contributed by atoms with Crippen LogP contribution in [0.15, 0.2) is 0 Å². The molecule has 0 bridgehead atoms. The average Bonchev–Trinajstić information content (AvgIpc) is 2.74. The van der Waals surface area contributed by atoms with E-state index in [1.165, 1.54) is 44.9 Å². The molecule has 0 aromatic rings. The van der Waals surface area contributed by atoms with Gasteiger partial charge in [-0.15, -0.1) is 0 Å². The molecule has 2 N–H and O–H groups in total. The van der Waals surface area contributed by atoms with Crippen LogP contribution in [0.2, 0.25) is 0 Å². The first-order valence-corrected chi connectivity index (χ1v) is 7.80. The summed E-state index contributed by atoms with van der Waals surface area (Å²) in [7, 11) is 0. The van der Waals surface area contributed by atoms with Crippen LogP contribution in [0.4, 0.5) is 0 Å². The molecule has 0 aromatic carbocycles. The highest BCUT2D eigenvalue weighted by Crippen LogP contribution is 2.19. The van der Waals surface area contributed by atoms with Gasteiger partial charge in [-0.05, 0) is 13.0 Å². The summed E-state index contributed by atoms with van der Waals surface area (Å²) >= 11 is 0. The van der Waals surface area contributed by atoms with Crippen LogP contribution in [0.3, 0.4) is 0 Å². The number of hydrogen-bond acceptors (Lipinski definition) is 3. The number of β-amino-alcohol motifs (C(OH)–C–C–N with tert-alkyl or cyclic N) is 1. The number of hydrogen-bond donors (Lipinski definition) is 2. The van der Waals surface area contributed by atoms with Crippen LogP contribution in [0, 0.1) is 0 Å². The number of rotatable bonds is 10. The number of unbranched alkanes of at least 4 members (excludes halogenated alkanes) is 7. The fourth-order valence-corrected chi connectivity index (χ4v) is 2.83. The summed E-state index contributed by atoms with van der Waals surface area (Å²) in [5.74, 6) is -0.795. The van der Waals surface area contributed by atoms with Crippen molar-refractivity contribution in [2.24, 2.45) is 0 Å². The summed E-state index contributed by atoms with van der Waals surface area (Å²) in [4.78, 5) is 13.0. The van der Waals surface area contributed by atoms with E-state index in [0.717, 1.165) is 13.0 Å². The number of aliphatic hydroxyl groups is 1.